The fourth-order valence-electron chi connectivity index (χ4n) is 4.46. The molecule has 5 nitrogen and oxygen atoms in total. The maximum absolute atomic E-state index is 12.7. The Bertz CT molecular complexity index is 971. The normalized spacial score (nSPS) is 17.0. The third-order valence-corrected chi connectivity index (χ3v) is 6.16. The van der Waals surface area contributed by atoms with Crippen molar-refractivity contribution in [3.8, 4) is 0 Å². The molecule has 0 unspecified atom stereocenters. The first-order chi connectivity index (χ1) is 15.7. The van der Waals surface area contributed by atoms with Crippen molar-refractivity contribution in [3.63, 3.8) is 0 Å². The van der Waals surface area contributed by atoms with Crippen LogP contribution in [0.25, 0.3) is 11.3 Å². The molecular formula is C27H33NO4. The minimum Gasteiger partial charge on any atom is -0.487 e. The van der Waals surface area contributed by atoms with Gasteiger partial charge in [-0.15, -0.1) is 0 Å². The molecule has 2 aromatic carbocycles. The second-order valence-electron chi connectivity index (χ2n) is 8.23. The zero-order valence-electron chi connectivity index (χ0n) is 19.2. The molecule has 0 fully saturated rings. The molecular weight excluding hydrogens is 402 g/mol. The van der Waals surface area contributed by atoms with Gasteiger partial charge in [0.2, 0.25) is 0 Å². The summed E-state index contributed by atoms with van der Waals surface area (Å²) in [5.41, 5.74) is 6.35. The van der Waals surface area contributed by atoms with E-state index in [0.717, 1.165) is 86.1 Å². The second-order valence-corrected chi connectivity index (χ2v) is 8.23. The molecule has 1 aliphatic carbocycles. The van der Waals surface area contributed by atoms with E-state index in [1.54, 1.807) is 0 Å². The molecule has 0 amide bonds. The van der Waals surface area contributed by atoms with Gasteiger partial charge in [-0.1, -0.05) is 42.5 Å². The number of carbonyl (C=O) groups is 1. The molecule has 0 saturated carbocycles. The van der Waals surface area contributed by atoms with Gasteiger partial charge in [-0.25, -0.2) is 0 Å². The summed E-state index contributed by atoms with van der Waals surface area (Å²) in [4.78, 5) is 15.1. The summed E-state index contributed by atoms with van der Waals surface area (Å²) >= 11 is 0. The maximum atomic E-state index is 12.7. The van der Waals surface area contributed by atoms with Crippen LogP contribution in [-0.2, 0) is 38.5 Å². The van der Waals surface area contributed by atoms with Gasteiger partial charge < -0.3 is 14.2 Å². The lowest BCUT2D eigenvalue weighted by molar-refractivity contribution is -0.112. The van der Waals surface area contributed by atoms with Crippen LogP contribution in [0, 0.1) is 0 Å². The zero-order chi connectivity index (χ0) is 22.3. The van der Waals surface area contributed by atoms with Crippen molar-refractivity contribution in [1.29, 1.82) is 0 Å². The molecule has 0 aromatic heterocycles. The van der Waals surface area contributed by atoms with E-state index in [2.05, 4.69) is 23.1 Å². The van der Waals surface area contributed by atoms with Crippen LogP contribution < -0.4 is 0 Å². The summed E-state index contributed by atoms with van der Waals surface area (Å²) < 4.78 is 17.2. The van der Waals surface area contributed by atoms with Gasteiger partial charge in [0.15, 0.2) is 5.78 Å². The van der Waals surface area contributed by atoms with E-state index in [4.69, 9.17) is 14.2 Å². The van der Waals surface area contributed by atoms with E-state index in [1.807, 2.05) is 38.1 Å². The highest BCUT2D eigenvalue weighted by Gasteiger charge is 2.32. The predicted molar refractivity (Wildman–Crippen MR) is 126 cm³/mol. The van der Waals surface area contributed by atoms with Crippen LogP contribution in [-0.4, -0.2) is 56.7 Å². The number of carbonyl (C=O) groups excluding carboxylic acids is 1. The number of hydrogen-bond donors (Lipinski definition) is 0. The number of rotatable bonds is 11. The fraction of sp³-hybridized carbons (Fsp3) is 0.444. The highest BCUT2D eigenvalue weighted by Crippen LogP contribution is 2.40. The van der Waals surface area contributed by atoms with Crippen molar-refractivity contribution < 1.29 is 19.0 Å². The second kappa shape index (κ2) is 10.9. The molecule has 4 rings (SSSR count). The van der Waals surface area contributed by atoms with E-state index >= 15 is 0 Å². The molecule has 5 heteroatoms. The van der Waals surface area contributed by atoms with Gasteiger partial charge in [0.25, 0.3) is 0 Å². The van der Waals surface area contributed by atoms with Crippen LogP contribution in [0.15, 0.2) is 42.5 Å². The van der Waals surface area contributed by atoms with Crippen molar-refractivity contribution in [2.75, 3.05) is 46.1 Å². The van der Waals surface area contributed by atoms with Gasteiger partial charge in [0.05, 0.1) is 18.8 Å². The first kappa shape index (κ1) is 22.7. The number of ketones is 1. The maximum Gasteiger partial charge on any atom is 0.171 e. The number of benzene rings is 2. The number of ether oxygens (including phenoxy) is 3. The minimum absolute atomic E-state index is 0.150. The monoisotopic (exact) mass is 435 g/mol. The first-order valence-electron chi connectivity index (χ1n) is 11.7. The molecule has 0 bridgehead atoms. The summed E-state index contributed by atoms with van der Waals surface area (Å²) in [7, 11) is 0. The van der Waals surface area contributed by atoms with E-state index in [-0.39, 0.29) is 5.78 Å². The number of hydrogen-bond acceptors (Lipinski definition) is 5. The Morgan fingerprint density at radius 1 is 0.906 bits per heavy atom. The topological polar surface area (TPSA) is 48.0 Å². The fourth-order valence-corrected chi connectivity index (χ4v) is 4.46. The van der Waals surface area contributed by atoms with Gasteiger partial charge in [0.1, 0.15) is 12.4 Å². The summed E-state index contributed by atoms with van der Waals surface area (Å²) in [5.74, 6) is 0.897. The van der Waals surface area contributed by atoms with Crippen molar-refractivity contribution in [2.24, 2.45) is 0 Å². The number of fused-ring (bicyclic) bond motifs is 2. The zero-order valence-corrected chi connectivity index (χ0v) is 19.2. The van der Waals surface area contributed by atoms with Crippen molar-refractivity contribution >= 4 is 17.1 Å². The van der Waals surface area contributed by atoms with Crippen LogP contribution in [0.2, 0.25) is 0 Å². The van der Waals surface area contributed by atoms with Crippen LogP contribution in [0.1, 0.15) is 41.7 Å². The van der Waals surface area contributed by atoms with Crippen molar-refractivity contribution in [3.05, 3.63) is 70.3 Å². The number of nitrogens with zero attached hydrogens (tertiary/aromatic N) is 1. The van der Waals surface area contributed by atoms with Gasteiger partial charge in [-0.3, -0.25) is 9.69 Å². The van der Waals surface area contributed by atoms with Gasteiger partial charge >= 0.3 is 0 Å². The molecule has 2 aliphatic rings. The first-order valence-corrected chi connectivity index (χ1v) is 11.7. The highest BCUT2D eigenvalue weighted by atomic mass is 16.5. The molecule has 0 saturated heterocycles. The molecule has 0 atom stereocenters. The lowest BCUT2D eigenvalue weighted by Gasteiger charge is -2.22. The Hall–Kier alpha value is -2.47. The van der Waals surface area contributed by atoms with E-state index in [9.17, 15) is 4.79 Å². The number of allylic oxidation sites excluding steroid dienone is 1. The van der Waals surface area contributed by atoms with Gasteiger partial charge in [-0.2, -0.15) is 0 Å². The Morgan fingerprint density at radius 2 is 1.66 bits per heavy atom. The summed E-state index contributed by atoms with van der Waals surface area (Å²) in [6.45, 7) is 10.3. The average Bonchev–Trinajstić information content (AvgIpc) is 3.36. The molecule has 1 aliphatic heterocycles. The van der Waals surface area contributed by atoms with E-state index in [1.165, 1.54) is 5.56 Å². The highest BCUT2D eigenvalue weighted by molar-refractivity contribution is 6.31. The quantitative estimate of drug-likeness (QED) is 0.392. The Balaban J connectivity index is 1.46. The Labute approximate surface area is 191 Å². The summed E-state index contributed by atoms with van der Waals surface area (Å²) in [5, 5.41) is 0. The lowest BCUT2D eigenvalue weighted by Crippen LogP contribution is -2.33. The summed E-state index contributed by atoms with van der Waals surface area (Å²) in [6, 6.07) is 14.6. The van der Waals surface area contributed by atoms with Gasteiger partial charge in [-0.05, 0) is 37.0 Å². The smallest absolute Gasteiger partial charge is 0.171 e. The Kier molecular flexibility index (Phi) is 7.74. The van der Waals surface area contributed by atoms with Gasteiger partial charge in [0, 0.05) is 50.4 Å². The van der Waals surface area contributed by atoms with Crippen LogP contribution >= 0.6 is 0 Å². The Morgan fingerprint density at radius 3 is 2.41 bits per heavy atom. The van der Waals surface area contributed by atoms with E-state index < -0.39 is 0 Å². The van der Waals surface area contributed by atoms with Crippen LogP contribution in [0.4, 0.5) is 0 Å². The minimum atomic E-state index is 0.150. The van der Waals surface area contributed by atoms with Crippen LogP contribution in [0.3, 0.4) is 0 Å². The predicted octanol–water partition coefficient (Wildman–Crippen LogP) is 4.13. The van der Waals surface area contributed by atoms with E-state index in [0.29, 0.717) is 13.0 Å². The van der Waals surface area contributed by atoms with Crippen molar-refractivity contribution in [2.45, 2.75) is 33.3 Å². The average molecular weight is 436 g/mol. The largest absolute Gasteiger partial charge is 0.487 e. The third kappa shape index (κ3) is 5.12. The third-order valence-electron chi connectivity index (χ3n) is 6.16. The van der Waals surface area contributed by atoms with Crippen LogP contribution in [0.5, 0.6) is 0 Å². The summed E-state index contributed by atoms with van der Waals surface area (Å²) in [6.07, 6.45) is 1.42. The lowest BCUT2D eigenvalue weighted by atomic mass is 9.98. The van der Waals surface area contributed by atoms with Crippen molar-refractivity contribution in [1.82, 2.24) is 4.90 Å². The molecule has 2 aromatic rings. The number of Topliss-reactive ketones (excluding diaryl/α,β-unsaturated/α-hetero) is 1. The molecule has 0 radical (unpaired) electrons. The standard InChI is InChI=1S/C27H33NO4/c1-3-30-15-13-28(14-16-31-4-2)12-11-20-9-10-24-22(17-20)19-32-27(24)26-23-8-6-5-7-21(23)18-25(26)29/h5-10,17H,3-4,11-16,18-19H2,1-2H3/b27-26+. The SMILES string of the molecule is CCOCCN(CCOCC)CCc1ccc2c(c1)CO/C2=C1/C(=O)Cc2ccccc21. The molecule has 0 N–H and O–H groups in total. The molecule has 32 heavy (non-hydrogen) atoms. The molecule has 0 spiro atoms. The molecule has 1 heterocycles. The molecule has 170 valence electrons.